The average molecular weight is 165 g/mol. The van der Waals surface area contributed by atoms with Gasteiger partial charge in [0.1, 0.15) is 0 Å². The molecule has 1 saturated heterocycles. The quantitative estimate of drug-likeness (QED) is 0.673. The van der Waals surface area contributed by atoms with Crippen molar-refractivity contribution < 1.29 is 0 Å². The zero-order valence-electron chi connectivity index (χ0n) is 7.67. The molecule has 12 heavy (non-hydrogen) atoms. The van der Waals surface area contributed by atoms with E-state index >= 15 is 0 Å². The first-order chi connectivity index (χ1) is 5.79. The topological polar surface area (TPSA) is 29.9 Å². The molecule has 66 valence electrons. The minimum atomic E-state index is 0.582. The van der Waals surface area contributed by atoms with Crippen molar-refractivity contribution in [1.82, 2.24) is 15.1 Å². The van der Waals surface area contributed by atoms with Crippen molar-refractivity contribution in [1.29, 1.82) is 0 Å². The molecule has 1 aromatic heterocycles. The van der Waals surface area contributed by atoms with E-state index in [1.54, 1.807) is 0 Å². The molecule has 0 radical (unpaired) electrons. The summed E-state index contributed by atoms with van der Waals surface area (Å²) >= 11 is 0. The molecule has 1 fully saturated rings. The molecule has 0 saturated carbocycles. The third kappa shape index (κ3) is 1.14. The highest BCUT2D eigenvalue weighted by atomic mass is 15.3. The Labute approximate surface area is 72.8 Å². The molecule has 1 aromatic rings. The smallest absolute Gasteiger partial charge is 0.0658 e. The molecular formula is C9H15N3. The van der Waals surface area contributed by atoms with Crippen molar-refractivity contribution in [3.8, 4) is 0 Å². The van der Waals surface area contributed by atoms with Gasteiger partial charge in [0, 0.05) is 12.2 Å². The van der Waals surface area contributed by atoms with E-state index in [0.717, 1.165) is 13.1 Å². The Morgan fingerprint density at radius 3 is 2.92 bits per heavy atom. The fraction of sp³-hybridized carbons (Fsp3) is 0.667. The first kappa shape index (κ1) is 7.80. The molecule has 0 aliphatic carbocycles. The summed E-state index contributed by atoms with van der Waals surface area (Å²) in [4.78, 5) is 0. The van der Waals surface area contributed by atoms with Crippen LogP contribution in [-0.4, -0.2) is 22.9 Å². The summed E-state index contributed by atoms with van der Waals surface area (Å²) in [7, 11) is 0. The van der Waals surface area contributed by atoms with Crippen molar-refractivity contribution in [2.75, 3.05) is 13.1 Å². The number of hydrogen-bond acceptors (Lipinski definition) is 2. The normalized spacial score (nSPS) is 23.3. The van der Waals surface area contributed by atoms with Crippen LogP contribution in [-0.2, 0) is 0 Å². The molecule has 1 aliphatic heterocycles. The summed E-state index contributed by atoms with van der Waals surface area (Å²) in [5, 5.41) is 7.72. The van der Waals surface area contributed by atoms with Crippen LogP contribution < -0.4 is 5.32 Å². The van der Waals surface area contributed by atoms with Crippen LogP contribution in [0.15, 0.2) is 6.20 Å². The van der Waals surface area contributed by atoms with Crippen LogP contribution in [0.4, 0.5) is 0 Å². The first-order valence-corrected chi connectivity index (χ1v) is 4.50. The van der Waals surface area contributed by atoms with Crippen molar-refractivity contribution in [3.05, 3.63) is 17.5 Å². The van der Waals surface area contributed by atoms with Gasteiger partial charge < -0.3 is 5.32 Å². The van der Waals surface area contributed by atoms with Gasteiger partial charge in [-0.25, -0.2) is 0 Å². The average Bonchev–Trinajstić information content (AvgIpc) is 2.64. The molecule has 1 atom stereocenters. The SMILES string of the molecule is Cc1cnn(C2CCNC2)c1C. The number of nitrogens with one attached hydrogen (secondary N) is 1. The lowest BCUT2D eigenvalue weighted by molar-refractivity contribution is 0.479. The predicted molar refractivity (Wildman–Crippen MR) is 48.2 cm³/mol. The number of hydrogen-bond donors (Lipinski definition) is 1. The lowest BCUT2D eigenvalue weighted by Gasteiger charge is -2.11. The van der Waals surface area contributed by atoms with E-state index < -0.39 is 0 Å². The lowest BCUT2D eigenvalue weighted by Crippen LogP contribution is -2.15. The van der Waals surface area contributed by atoms with E-state index in [9.17, 15) is 0 Å². The largest absolute Gasteiger partial charge is 0.315 e. The number of aromatic nitrogens is 2. The summed E-state index contributed by atoms with van der Waals surface area (Å²) in [5.74, 6) is 0. The zero-order chi connectivity index (χ0) is 8.55. The van der Waals surface area contributed by atoms with Crippen molar-refractivity contribution in [2.45, 2.75) is 26.3 Å². The minimum Gasteiger partial charge on any atom is -0.315 e. The zero-order valence-corrected chi connectivity index (χ0v) is 7.67. The number of rotatable bonds is 1. The molecule has 1 aliphatic rings. The Morgan fingerprint density at radius 1 is 1.58 bits per heavy atom. The summed E-state index contributed by atoms with van der Waals surface area (Å²) < 4.78 is 2.15. The number of nitrogens with zero attached hydrogens (tertiary/aromatic N) is 2. The molecule has 1 unspecified atom stereocenters. The Hall–Kier alpha value is -0.830. The molecule has 0 bridgehead atoms. The molecule has 2 rings (SSSR count). The van der Waals surface area contributed by atoms with E-state index in [1.807, 2.05) is 6.20 Å². The van der Waals surface area contributed by atoms with Gasteiger partial charge in [0.15, 0.2) is 0 Å². The van der Waals surface area contributed by atoms with Gasteiger partial charge in [-0.2, -0.15) is 5.10 Å². The summed E-state index contributed by atoms with van der Waals surface area (Å²) in [6.45, 7) is 6.45. The predicted octanol–water partition coefficient (Wildman–Crippen LogP) is 1.03. The van der Waals surface area contributed by atoms with Gasteiger partial charge in [0.25, 0.3) is 0 Å². The van der Waals surface area contributed by atoms with E-state index in [2.05, 4.69) is 28.9 Å². The maximum Gasteiger partial charge on any atom is 0.0658 e. The standard InChI is InChI=1S/C9H15N3/c1-7-5-11-12(8(7)2)9-3-4-10-6-9/h5,9-10H,3-4,6H2,1-2H3. The van der Waals surface area contributed by atoms with Crippen LogP contribution in [0, 0.1) is 13.8 Å². The van der Waals surface area contributed by atoms with Gasteiger partial charge in [0.05, 0.1) is 12.2 Å². The van der Waals surface area contributed by atoms with Crippen LogP contribution >= 0.6 is 0 Å². The second-order valence-corrected chi connectivity index (χ2v) is 3.50. The highest BCUT2D eigenvalue weighted by Gasteiger charge is 2.18. The van der Waals surface area contributed by atoms with E-state index in [-0.39, 0.29) is 0 Å². The van der Waals surface area contributed by atoms with Gasteiger partial charge in [-0.3, -0.25) is 4.68 Å². The first-order valence-electron chi connectivity index (χ1n) is 4.50. The maximum absolute atomic E-state index is 4.37. The fourth-order valence-electron chi connectivity index (χ4n) is 1.73. The maximum atomic E-state index is 4.37. The van der Waals surface area contributed by atoms with Crippen molar-refractivity contribution in [3.63, 3.8) is 0 Å². The van der Waals surface area contributed by atoms with Crippen LogP contribution in [0.1, 0.15) is 23.7 Å². The second-order valence-electron chi connectivity index (χ2n) is 3.50. The second kappa shape index (κ2) is 2.90. The Balaban J connectivity index is 2.26. The summed E-state index contributed by atoms with van der Waals surface area (Å²) in [5.41, 5.74) is 2.60. The third-order valence-electron chi connectivity index (χ3n) is 2.67. The third-order valence-corrected chi connectivity index (χ3v) is 2.67. The van der Waals surface area contributed by atoms with Gasteiger partial charge >= 0.3 is 0 Å². The lowest BCUT2D eigenvalue weighted by atomic mass is 10.2. The molecule has 3 heteroatoms. The Kier molecular flexibility index (Phi) is 1.89. The molecule has 0 spiro atoms. The highest BCUT2D eigenvalue weighted by molar-refractivity contribution is 5.14. The molecule has 2 heterocycles. The van der Waals surface area contributed by atoms with Crippen LogP contribution in [0.25, 0.3) is 0 Å². The Bertz CT molecular complexity index is 271. The van der Waals surface area contributed by atoms with E-state index in [1.165, 1.54) is 17.7 Å². The molecule has 0 amide bonds. The molecule has 1 N–H and O–H groups in total. The van der Waals surface area contributed by atoms with Crippen LogP contribution in [0.5, 0.6) is 0 Å². The molecule has 0 aromatic carbocycles. The van der Waals surface area contributed by atoms with E-state index in [0.29, 0.717) is 6.04 Å². The monoisotopic (exact) mass is 165 g/mol. The summed E-state index contributed by atoms with van der Waals surface area (Å²) in [6.07, 6.45) is 3.16. The minimum absolute atomic E-state index is 0.582. The van der Waals surface area contributed by atoms with Crippen molar-refractivity contribution in [2.24, 2.45) is 0 Å². The molecular weight excluding hydrogens is 150 g/mol. The highest BCUT2D eigenvalue weighted by Crippen LogP contribution is 2.17. The van der Waals surface area contributed by atoms with Crippen molar-refractivity contribution >= 4 is 0 Å². The van der Waals surface area contributed by atoms with Gasteiger partial charge in [-0.15, -0.1) is 0 Å². The molecule has 3 nitrogen and oxygen atoms in total. The van der Waals surface area contributed by atoms with Crippen LogP contribution in [0.3, 0.4) is 0 Å². The Morgan fingerprint density at radius 2 is 2.42 bits per heavy atom. The van der Waals surface area contributed by atoms with E-state index in [4.69, 9.17) is 0 Å². The van der Waals surface area contributed by atoms with Gasteiger partial charge in [0.2, 0.25) is 0 Å². The fourth-order valence-corrected chi connectivity index (χ4v) is 1.73. The number of aryl methyl sites for hydroxylation is 1. The summed E-state index contributed by atoms with van der Waals surface area (Å²) in [6, 6.07) is 0.582. The van der Waals surface area contributed by atoms with Gasteiger partial charge in [-0.05, 0) is 32.4 Å². The van der Waals surface area contributed by atoms with Crippen LogP contribution in [0.2, 0.25) is 0 Å². The van der Waals surface area contributed by atoms with Gasteiger partial charge in [-0.1, -0.05) is 0 Å².